The zero-order valence-corrected chi connectivity index (χ0v) is 14.4. The summed E-state index contributed by atoms with van der Waals surface area (Å²) in [4.78, 5) is 14.6. The zero-order valence-electron chi connectivity index (χ0n) is 14.4. The van der Waals surface area contributed by atoms with E-state index in [0.29, 0.717) is 16.8 Å². The summed E-state index contributed by atoms with van der Waals surface area (Å²) >= 11 is 0. The SMILES string of the molecule is C=Cc1cc2ccc(N[C@@H](CO)C(O)OC(CO)[C@H](C)O)cc2[nH]c1=O. The summed E-state index contributed by atoms with van der Waals surface area (Å²) in [7, 11) is 0. The van der Waals surface area contributed by atoms with Crippen molar-refractivity contribution in [2.24, 2.45) is 0 Å². The summed E-state index contributed by atoms with van der Waals surface area (Å²) in [6, 6.07) is 5.97. The number of aromatic amines is 1. The Bertz CT molecular complexity index is 804. The molecule has 0 bridgehead atoms. The molecule has 0 fully saturated rings. The Balaban J connectivity index is 2.19. The number of ether oxygens (including phenoxy) is 1. The maximum absolute atomic E-state index is 11.9. The van der Waals surface area contributed by atoms with E-state index in [1.54, 1.807) is 24.3 Å². The molecule has 0 saturated heterocycles. The molecular weight excluding hydrogens is 340 g/mol. The van der Waals surface area contributed by atoms with E-state index >= 15 is 0 Å². The Morgan fingerprint density at radius 2 is 2.00 bits per heavy atom. The van der Waals surface area contributed by atoms with Crippen LogP contribution in [-0.4, -0.2) is 63.2 Å². The maximum atomic E-state index is 11.9. The van der Waals surface area contributed by atoms with Crippen LogP contribution in [0.1, 0.15) is 12.5 Å². The van der Waals surface area contributed by atoms with Crippen molar-refractivity contribution >= 4 is 22.7 Å². The van der Waals surface area contributed by atoms with Crippen molar-refractivity contribution in [1.29, 1.82) is 0 Å². The van der Waals surface area contributed by atoms with Gasteiger partial charge in [-0.3, -0.25) is 4.79 Å². The highest BCUT2D eigenvalue weighted by Crippen LogP contribution is 2.19. The second-order valence-corrected chi connectivity index (χ2v) is 5.98. The van der Waals surface area contributed by atoms with Crippen LogP contribution in [0, 0.1) is 0 Å². The summed E-state index contributed by atoms with van der Waals surface area (Å²) in [5.74, 6) is 0. The zero-order chi connectivity index (χ0) is 19.3. The molecule has 0 saturated carbocycles. The van der Waals surface area contributed by atoms with Gasteiger partial charge in [0.2, 0.25) is 0 Å². The van der Waals surface area contributed by atoms with Crippen LogP contribution in [-0.2, 0) is 4.74 Å². The molecule has 0 amide bonds. The van der Waals surface area contributed by atoms with Gasteiger partial charge >= 0.3 is 0 Å². The van der Waals surface area contributed by atoms with Crippen LogP contribution in [0.2, 0.25) is 0 Å². The van der Waals surface area contributed by atoms with Crippen molar-refractivity contribution in [3.05, 3.63) is 46.8 Å². The van der Waals surface area contributed by atoms with Crippen molar-refractivity contribution in [3.63, 3.8) is 0 Å². The number of rotatable bonds is 9. The summed E-state index contributed by atoms with van der Waals surface area (Å²) in [5.41, 5.74) is 1.31. The Morgan fingerprint density at radius 1 is 1.27 bits per heavy atom. The first-order chi connectivity index (χ1) is 12.4. The summed E-state index contributed by atoms with van der Waals surface area (Å²) in [6.45, 7) is 4.08. The summed E-state index contributed by atoms with van der Waals surface area (Å²) in [5, 5.41) is 42.0. The third kappa shape index (κ3) is 4.69. The predicted octanol–water partition coefficient (Wildman–Crippen LogP) is 0.0206. The van der Waals surface area contributed by atoms with Gasteiger partial charge in [-0.1, -0.05) is 18.7 Å². The molecule has 0 aliphatic rings. The van der Waals surface area contributed by atoms with Crippen LogP contribution in [0.3, 0.4) is 0 Å². The molecule has 1 aromatic heterocycles. The quantitative estimate of drug-likeness (QED) is 0.345. The molecule has 8 nitrogen and oxygen atoms in total. The molecule has 6 N–H and O–H groups in total. The van der Waals surface area contributed by atoms with Crippen molar-refractivity contribution in [2.45, 2.75) is 31.5 Å². The molecule has 2 rings (SSSR count). The van der Waals surface area contributed by atoms with Gasteiger partial charge in [0.05, 0.1) is 24.8 Å². The molecule has 0 spiro atoms. The van der Waals surface area contributed by atoms with Gasteiger partial charge in [-0.25, -0.2) is 0 Å². The molecule has 142 valence electrons. The van der Waals surface area contributed by atoms with Crippen LogP contribution in [0.15, 0.2) is 35.6 Å². The van der Waals surface area contributed by atoms with Crippen LogP contribution < -0.4 is 10.9 Å². The van der Waals surface area contributed by atoms with Gasteiger partial charge in [-0.15, -0.1) is 0 Å². The molecule has 4 atom stereocenters. The number of hydrogen-bond acceptors (Lipinski definition) is 7. The number of aliphatic hydroxyl groups excluding tert-OH is 4. The van der Waals surface area contributed by atoms with E-state index in [0.717, 1.165) is 5.39 Å². The average molecular weight is 364 g/mol. The molecule has 26 heavy (non-hydrogen) atoms. The minimum atomic E-state index is -1.47. The van der Waals surface area contributed by atoms with E-state index in [1.807, 2.05) is 0 Å². The maximum Gasteiger partial charge on any atom is 0.255 e. The van der Waals surface area contributed by atoms with Gasteiger partial charge < -0.3 is 35.5 Å². The summed E-state index contributed by atoms with van der Waals surface area (Å²) in [6.07, 6.45) is -1.96. The van der Waals surface area contributed by atoms with Crippen LogP contribution in [0.5, 0.6) is 0 Å². The van der Waals surface area contributed by atoms with Crippen molar-refractivity contribution in [2.75, 3.05) is 18.5 Å². The number of aliphatic hydroxyl groups is 4. The highest BCUT2D eigenvalue weighted by Gasteiger charge is 2.25. The molecule has 8 heteroatoms. The number of H-pyrrole nitrogens is 1. The fourth-order valence-corrected chi connectivity index (χ4v) is 2.46. The number of hydrogen-bond donors (Lipinski definition) is 6. The second kappa shape index (κ2) is 8.93. The number of benzene rings is 1. The van der Waals surface area contributed by atoms with Gasteiger partial charge in [0.25, 0.3) is 5.56 Å². The Kier molecular flexibility index (Phi) is 6.90. The van der Waals surface area contributed by atoms with Crippen LogP contribution in [0.25, 0.3) is 17.0 Å². The van der Waals surface area contributed by atoms with Crippen molar-refractivity contribution in [1.82, 2.24) is 4.98 Å². The van der Waals surface area contributed by atoms with Gasteiger partial charge in [0.15, 0.2) is 6.29 Å². The Hall–Kier alpha value is -2.23. The number of aromatic nitrogens is 1. The first-order valence-corrected chi connectivity index (χ1v) is 8.19. The lowest BCUT2D eigenvalue weighted by atomic mass is 10.1. The molecule has 1 heterocycles. The fourth-order valence-electron chi connectivity index (χ4n) is 2.46. The minimum Gasteiger partial charge on any atom is -0.394 e. The van der Waals surface area contributed by atoms with Crippen molar-refractivity contribution < 1.29 is 25.2 Å². The standard InChI is InChI=1S/C18H24N2O6/c1-3-11-6-12-4-5-13(7-14(12)20-17(11)24)19-15(8-21)18(25)26-16(9-22)10(2)23/h3-7,10,15-16,18-19,21-23,25H,1,8-9H2,2H3,(H,20,24)/t10-,15-,16?,18?/m0/s1. The van der Waals surface area contributed by atoms with Gasteiger partial charge in [-0.2, -0.15) is 0 Å². The highest BCUT2D eigenvalue weighted by atomic mass is 16.6. The molecule has 2 unspecified atom stereocenters. The van der Waals surface area contributed by atoms with E-state index in [1.165, 1.54) is 13.0 Å². The largest absolute Gasteiger partial charge is 0.394 e. The Morgan fingerprint density at radius 3 is 2.58 bits per heavy atom. The van der Waals surface area contributed by atoms with Crippen LogP contribution in [0.4, 0.5) is 5.69 Å². The first kappa shape index (κ1) is 20.1. The van der Waals surface area contributed by atoms with E-state index in [4.69, 9.17) is 9.84 Å². The number of pyridine rings is 1. The number of nitrogens with one attached hydrogen (secondary N) is 2. The molecule has 0 aliphatic carbocycles. The van der Waals surface area contributed by atoms with Gasteiger partial charge in [0.1, 0.15) is 12.1 Å². The lowest BCUT2D eigenvalue weighted by Gasteiger charge is -2.28. The molecule has 1 aromatic carbocycles. The monoisotopic (exact) mass is 364 g/mol. The lowest BCUT2D eigenvalue weighted by molar-refractivity contribution is -0.182. The molecule has 2 aromatic rings. The highest BCUT2D eigenvalue weighted by molar-refractivity contribution is 5.83. The topological polar surface area (TPSA) is 135 Å². The normalized spacial score (nSPS) is 16.0. The Labute approximate surface area is 150 Å². The molecular formula is C18H24N2O6. The van der Waals surface area contributed by atoms with Crippen molar-refractivity contribution in [3.8, 4) is 0 Å². The number of anilines is 1. The van der Waals surface area contributed by atoms with Gasteiger partial charge in [0, 0.05) is 11.3 Å². The van der Waals surface area contributed by atoms with E-state index in [9.17, 15) is 20.1 Å². The lowest BCUT2D eigenvalue weighted by Crippen LogP contribution is -2.44. The second-order valence-electron chi connectivity index (χ2n) is 5.98. The molecule has 0 radical (unpaired) electrons. The minimum absolute atomic E-state index is 0.269. The van der Waals surface area contributed by atoms with E-state index in [-0.39, 0.29) is 5.56 Å². The molecule has 0 aliphatic heterocycles. The average Bonchev–Trinajstić information content (AvgIpc) is 2.62. The smallest absolute Gasteiger partial charge is 0.255 e. The first-order valence-electron chi connectivity index (χ1n) is 8.19. The van der Waals surface area contributed by atoms with E-state index < -0.39 is 37.8 Å². The van der Waals surface area contributed by atoms with Gasteiger partial charge in [-0.05, 0) is 30.5 Å². The third-order valence-electron chi connectivity index (χ3n) is 4.02. The number of fused-ring (bicyclic) bond motifs is 1. The third-order valence-corrected chi connectivity index (χ3v) is 4.02. The van der Waals surface area contributed by atoms with Crippen LogP contribution >= 0.6 is 0 Å². The summed E-state index contributed by atoms with van der Waals surface area (Å²) < 4.78 is 5.19. The van der Waals surface area contributed by atoms with E-state index in [2.05, 4.69) is 16.9 Å². The fraction of sp³-hybridized carbons (Fsp3) is 0.389. The predicted molar refractivity (Wildman–Crippen MR) is 98.8 cm³/mol.